The summed E-state index contributed by atoms with van der Waals surface area (Å²) in [6.45, 7) is 2.53. The molecule has 2 rings (SSSR count). The molecule has 2 aliphatic rings. The minimum absolute atomic E-state index is 0.0103. The third kappa shape index (κ3) is 2.00. The molecule has 15 heavy (non-hydrogen) atoms. The van der Waals surface area contributed by atoms with Gasteiger partial charge in [-0.25, -0.2) is 5.06 Å². The Kier molecular flexibility index (Phi) is 3.23. The summed E-state index contributed by atoms with van der Waals surface area (Å²) >= 11 is 0. The molecule has 0 bridgehead atoms. The molecule has 86 valence electrons. The van der Waals surface area contributed by atoms with Gasteiger partial charge < -0.3 is 4.74 Å². The van der Waals surface area contributed by atoms with Gasteiger partial charge in [-0.15, -0.1) is 0 Å². The fourth-order valence-electron chi connectivity index (χ4n) is 2.21. The van der Waals surface area contributed by atoms with E-state index in [-0.39, 0.29) is 11.9 Å². The number of ether oxygens (including phenoxy) is 1. The van der Waals surface area contributed by atoms with Crippen molar-refractivity contribution in [1.29, 1.82) is 0 Å². The SMILES string of the molecule is CON(C)C(=O)C1CCCN1C1COC1. The van der Waals surface area contributed by atoms with Gasteiger partial charge in [0.15, 0.2) is 0 Å². The van der Waals surface area contributed by atoms with E-state index >= 15 is 0 Å². The van der Waals surface area contributed by atoms with E-state index in [1.165, 1.54) is 12.2 Å². The summed E-state index contributed by atoms with van der Waals surface area (Å²) < 4.78 is 5.16. The first-order valence-corrected chi connectivity index (χ1v) is 5.39. The zero-order valence-electron chi connectivity index (χ0n) is 9.31. The average Bonchev–Trinajstić information content (AvgIpc) is 2.61. The van der Waals surface area contributed by atoms with Crippen LogP contribution >= 0.6 is 0 Å². The number of likely N-dealkylation sites (N-methyl/N-ethyl adjacent to an activating group) is 1. The number of carbonyl (C=O) groups excluding carboxylic acids is 1. The van der Waals surface area contributed by atoms with E-state index in [4.69, 9.17) is 9.57 Å². The van der Waals surface area contributed by atoms with Crippen LogP contribution in [0, 0.1) is 0 Å². The van der Waals surface area contributed by atoms with Crippen LogP contribution in [0.2, 0.25) is 0 Å². The van der Waals surface area contributed by atoms with E-state index in [0.717, 1.165) is 32.6 Å². The molecule has 0 aromatic heterocycles. The zero-order valence-corrected chi connectivity index (χ0v) is 9.31. The van der Waals surface area contributed by atoms with Crippen LogP contribution in [0.3, 0.4) is 0 Å². The lowest BCUT2D eigenvalue weighted by Crippen LogP contribution is -2.55. The van der Waals surface area contributed by atoms with Crippen LogP contribution in [-0.4, -0.2) is 61.9 Å². The highest BCUT2D eigenvalue weighted by atomic mass is 16.7. The van der Waals surface area contributed by atoms with Crippen LogP contribution in [0.15, 0.2) is 0 Å². The molecular formula is C10H18N2O3. The fourth-order valence-corrected chi connectivity index (χ4v) is 2.21. The van der Waals surface area contributed by atoms with E-state index in [0.29, 0.717) is 6.04 Å². The molecule has 0 spiro atoms. The number of rotatable bonds is 3. The summed E-state index contributed by atoms with van der Waals surface area (Å²) in [6, 6.07) is 0.426. The van der Waals surface area contributed by atoms with Crippen molar-refractivity contribution in [2.75, 3.05) is 33.9 Å². The van der Waals surface area contributed by atoms with E-state index in [1.54, 1.807) is 7.05 Å². The van der Waals surface area contributed by atoms with Gasteiger partial charge in [0.2, 0.25) is 0 Å². The maximum atomic E-state index is 11.9. The zero-order chi connectivity index (χ0) is 10.8. The highest BCUT2D eigenvalue weighted by molar-refractivity contribution is 5.81. The summed E-state index contributed by atoms with van der Waals surface area (Å²) in [6.07, 6.45) is 2.02. The van der Waals surface area contributed by atoms with Crippen LogP contribution < -0.4 is 0 Å². The first-order chi connectivity index (χ1) is 7.24. The lowest BCUT2D eigenvalue weighted by atomic mass is 10.1. The normalized spacial score (nSPS) is 27.7. The molecule has 2 saturated heterocycles. The van der Waals surface area contributed by atoms with Gasteiger partial charge in [-0.1, -0.05) is 0 Å². The Bertz CT molecular complexity index is 243. The van der Waals surface area contributed by atoms with Crippen molar-refractivity contribution < 1.29 is 14.4 Å². The van der Waals surface area contributed by atoms with Gasteiger partial charge in [0, 0.05) is 7.05 Å². The molecule has 0 aromatic rings. The topological polar surface area (TPSA) is 42.0 Å². The van der Waals surface area contributed by atoms with Crippen molar-refractivity contribution in [3.8, 4) is 0 Å². The molecule has 1 unspecified atom stereocenters. The third-order valence-corrected chi connectivity index (χ3v) is 3.25. The van der Waals surface area contributed by atoms with Crippen molar-refractivity contribution in [1.82, 2.24) is 9.96 Å². The Morgan fingerprint density at radius 1 is 1.53 bits per heavy atom. The Labute approximate surface area is 89.9 Å². The first kappa shape index (κ1) is 10.9. The monoisotopic (exact) mass is 214 g/mol. The van der Waals surface area contributed by atoms with Crippen molar-refractivity contribution in [2.45, 2.75) is 24.9 Å². The number of hydroxylamine groups is 2. The molecule has 0 saturated carbocycles. The molecule has 0 N–H and O–H groups in total. The van der Waals surface area contributed by atoms with E-state index < -0.39 is 0 Å². The molecule has 0 aromatic carbocycles. The Morgan fingerprint density at radius 2 is 2.27 bits per heavy atom. The number of likely N-dealkylation sites (tertiary alicyclic amines) is 1. The summed E-state index contributed by atoms with van der Waals surface area (Å²) in [4.78, 5) is 19.1. The summed E-state index contributed by atoms with van der Waals surface area (Å²) in [7, 11) is 3.18. The quantitative estimate of drug-likeness (QED) is 0.614. The molecule has 2 heterocycles. The highest BCUT2D eigenvalue weighted by Crippen LogP contribution is 2.24. The molecule has 1 amide bonds. The number of hydrogen-bond donors (Lipinski definition) is 0. The average molecular weight is 214 g/mol. The third-order valence-electron chi connectivity index (χ3n) is 3.25. The molecule has 0 radical (unpaired) electrons. The molecule has 2 aliphatic heterocycles. The summed E-state index contributed by atoms with van der Waals surface area (Å²) in [5, 5.41) is 1.32. The molecule has 2 fully saturated rings. The van der Waals surface area contributed by atoms with Gasteiger partial charge in [-0.2, -0.15) is 0 Å². The van der Waals surface area contributed by atoms with Crippen molar-refractivity contribution in [2.24, 2.45) is 0 Å². The fraction of sp³-hybridized carbons (Fsp3) is 0.900. The Balaban J connectivity index is 1.97. The van der Waals surface area contributed by atoms with E-state index in [1.807, 2.05) is 0 Å². The van der Waals surface area contributed by atoms with Crippen molar-refractivity contribution in [3.05, 3.63) is 0 Å². The molecular weight excluding hydrogens is 196 g/mol. The van der Waals surface area contributed by atoms with Crippen molar-refractivity contribution >= 4 is 5.91 Å². The predicted octanol–water partition coefficient (Wildman–Crippen LogP) is -0.131. The van der Waals surface area contributed by atoms with Gasteiger partial charge in [0.1, 0.15) is 0 Å². The molecule has 5 nitrogen and oxygen atoms in total. The van der Waals surface area contributed by atoms with Crippen LogP contribution in [0.4, 0.5) is 0 Å². The van der Waals surface area contributed by atoms with Crippen LogP contribution in [-0.2, 0) is 14.4 Å². The van der Waals surface area contributed by atoms with Gasteiger partial charge in [0.05, 0.1) is 32.4 Å². The van der Waals surface area contributed by atoms with Gasteiger partial charge in [-0.3, -0.25) is 14.5 Å². The van der Waals surface area contributed by atoms with Crippen LogP contribution in [0.5, 0.6) is 0 Å². The molecule has 1 atom stereocenters. The predicted molar refractivity (Wildman–Crippen MR) is 54.1 cm³/mol. The highest BCUT2D eigenvalue weighted by Gasteiger charge is 2.39. The maximum Gasteiger partial charge on any atom is 0.263 e. The number of amides is 1. The standard InChI is InChI=1S/C10H18N2O3/c1-11(14-2)10(13)9-4-3-5-12(9)8-6-15-7-8/h8-9H,3-7H2,1-2H3. The van der Waals surface area contributed by atoms with Crippen molar-refractivity contribution in [3.63, 3.8) is 0 Å². The maximum absolute atomic E-state index is 11.9. The summed E-state index contributed by atoms with van der Waals surface area (Å²) in [5.74, 6) is 0.0573. The molecule has 0 aliphatic carbocycles. The van der Waals surface area contributed by atoms with E-state index in [9.17, 15) is 4.79 Å². The van der Waals surface area contributed by atoms with Crippen LogP contribution in [0.1, 0.15) is 12.8 Å². The smallest absolute Gasteiger partial charge is 0.263 e. The first-order valence-electron chi connectivity index (χ1n) is 5.39. The van der Waals surface area contributed by atoms with Crippen LogP contribution in [0.25, 0.3) is 0 Å². The number of nitrogens with zero attached hydrogens (tertiary/aromatic N) is 2. The minimum Gasteiger partial charge on any atom is -0.378 e. The summed E-state index contributed by atoms with van der Waals surface area (Å²) in [5.41, 5.74) is 0. The van der Waals surface area contributed by atoms with Gasteiger partial charge >= 0.3 is 0 Å². The number of carbonyl (C=O) groups is 1. The largest absolute Gasteiger partial charge is 0.378 e. The lowest BCUT2D eigenvalue weighted by Gasteiger charge is -2.38. The molecule has 5 heteroatoms. The van der Waals surface area contributed by atoms with E-state index in [2.05, 4.69) is 4.90 Å². The minimum atomic E-state index is -0.0103. The second-order valence-electron chi connectivity index (χ2n) is 4.11. The second kappa shape index (κ2) is 4.47. The Morgan fingerprint density at radius 3 is 2.80 bits per heavy atom. The van der Waals surface area contributed by atoms with Gasteiger partial charge in [-0.05, 0) is 19.4 Å². The van der Waals surface area contributed by atoms with Gasteiger partial charge in [0.25, 0.3) is 5.91 Å². The number of hydrogen-bond acceptors (Lipinski definition) is 4. The second-order valence-corrected chi connectivity index (χ2v) is 4.11. The lowest BCUT2D eigenvalue weighted by molar-refractivity contribution is -0.177. The Hall–Kier alpha value is -0.650.